The number of rotatable bonds is 3. The number of benzene rings is 1. The summed E-state index contributed by atoms with van der Waals surface area (Å²) in [6.45, 7) is 0. The van der Waals surface area contributed by atoms with Crippen LogP contribution in [0.25, 0.3) is 0 Å². The highest BCUT2D eigenvalue weighted by Gasteiger charge is 2.10. The van der Waals surface area contributed by atoms with E-state index in [1.165, 1.54) is 11.3 Å². The number of alkyl halides is 1. The molecule has 0 saturated heterocycles. The van der Waals surface area contributed by atoms with Gasteiger partial charge in [-0.3, -0.25) is 4.79 Å². The first-order chi connectivity index (χ1) is 8.20. The van der Waals surface area contributed by atoms with Crippen LogP contribution in [0.1, 0.15) is 15.2 Å². The monoisotopic (exact) mass is 329 g/mol. The number of thiophene rings is 1. The van der Waals surface area contributed by atoms with Gasteiger partial charge < -0.3 is 5.32 Å². The first-order valence-electron chi connectivity index (χ1n) is 4.91. The van der Waals surface area contributed by atoms with Crippen molar-refractivity contribution in [1.29, 1.82) is 0 Å². The van der Waals surface area contributed by atoms with Crippen molar-refractivity contribution in [1.82, 2.24) is 0 Å². The average molecular weight is 331 g/mol. The lowest BCUT2D eigenvalue weighted by molar-refractivity contribution is 0.103. The molecule has 1 aromatic carbocycles. The molecule has 1 heterocycles. The summed E-state index contributed by atoms with van der Waals surface area (Å²) in [5, 5.41) is 3.58. The van der Waals surface area contributed by atoms with Crippen molar-refractivity contribution in [3.8, 4) is 0 Å². The van der Waals surface area contributed by atoms with Crippen molar-refractivity contribution in [2.45, 2.75) is 5.33 Å². The molecule has 2 rings (SSSR count). The van der Waals surface area contributed by atoms with Crippen LogP contribution >= 0.6 is 38.9 Å². The number of carbonyl (C=O) groups excluding carboxylic acids is 1. The SMILES string of the molecule is O=C(Nc1ccccc1CBr)c1ccc(Cl)s1. The van der Waals surface area contributed by atoms with Crippen LogP contribution < -0.4 is 5.32 Å². The number of para-hydroxylation sites is 1. The topological polar surface area (TPSA) is 29.1 Å². The van der Waals surface area contributed by atoms with Crippen LogP contribution in [0.15, 0.2) is 36.4 Å². The van der Waals surface area contributed by atoms with Gasteiger partial charge in [-0.2, -0.15) is 0 Å². The molecule has 1 amide bonds. The Morgan fingerprint density at radius 1 is 1.29 bits per heavy atom. The van der Waals surface area contributed by atoms with E-state index in [2.05, 4.69) is 21.2 Å². The third-order valence-electron chi connectivity index (χ3n) is 2.21. The zero-order valence-electron chi connectivity index (χ0n) is 8.74. The summed E-state index contributed by atoms with van der Waals surface area (Å²) < 4.78 is 0.615. The summed E-state index contributed by atoms with van der Waals surface area (Å²) in [5.74, 6) is -0.129. The Bertz CT molecular complexity index is 541. The van der Waals surface area contributed by atoms with Crippen molar-refractivity contribution in [3.05, 3.63) is 51.2 Å². The Morgan fingerprint density at radius 2 is 2.06 bits per heavy atom. The normalized spacial score (nSPS) is 10.2. The summed E-state index contributed by atoms with van der Waals surface area (Å²) >= 11 is 10.5. The van der Waals surface area contributed by atoms with E-state index in [4.69, 9.17) is 11.6 Å². The first kappa shape index (κ1) is 12.6. The Labute approximate surface area is 117 Å². The second-order valence-electron chi connectivity index (χ2n) is 3.35. The van der Waals surface area contributed by atoms with Crippen molar-refractivity contribution >= 4 is 50.5 Å². The second kappa shape index (κ2) is 5.67. The van der Waals surface area contributed by atoms with Gasteiger partial charge in [0.1, 0.15) is 0 Å². The molecule has 2 aromatic rings. The van der Waals surface area contributed by atoms with Crippen molar-refractivity contribution < 1.29 is 4.79 Å². The molecule has 1 N–H and O–H groups in total. The zero-order chi connectivity index (χ0) is 12.3. The fourth-order valence-electron chi connectivity index (χ4n) is 1.38. The molecule has 0 saturated carbocycles. The molecule has 88 valence electrons. The molecular weight excluding hydrogens is 322 g/mol. The summed E-state index contributed by atoms with van der Waals surface area (Å²) in [5.41, 5.74) is 1.86. The minimum atomic E-state index is -0.129. The molecule has 0 aliphatic carbocycles. The van der Waals surface area contributed by atoms with Gasteiger partial charge in [-0.05, 0) is 23.8 Å². The largest absolute Gasteiger partial charge is 0.321 e. The maximum Gasteiger partial charge on any atom is 0.265 e. The number of amides is 1. The minimum absolute atomic E-state index is 0.129. The molecule has 0 spiro atoms. The fraction of sp³-hybridized carbons (Fsp3) is 0.0833. The molecular formula is C12H9BrClNOS. The van der Waals surface area contributed by atoms with Crippen molar-refractivity contribution in [3.63, 3.8) is 0 Å². The highest BCUT2D eigenvalue weighted by atomic mass is 79.9. The molecule has 0 unspecified atom stereocenters. The van der Waals surface area contributed by atoms with Crippen LogP contribution in [-0.4, -0.2) is 5.91 Å². The number of anilines is 1. The lowest BCUT2D eigenvalue weighted by Gasteiger charge is -2.07. The molecule has 0 aliphatic rings. The predicted octanol–water partition coefficient (Wildman–Crippen LogP) is 4.55. The maximum absolute atomic E-state index is 11.9. The molecule has 2 nitrogen and oxygen atoms in total. The maximum atomic E-state index is 11.9. The van der Waals surface area contributed by atoms with Gasteiger partial charge >= 0.3 is 0 Å². The molecule has 0 radical (unpaired) electrons. The van der Waals surface area contributed by atoms with E-state index in [1.807, 2.05) is 24.3 Å². The van der Waals surface area contributed by atoms with Crippen LogP contribution in [0.2, 0.25) is 4.34 Å². The van der Waals surface area contributed by atoms with Crippen LogP contribution in [-0.2, 0) is 5.33 Å². The molecule has 0 fully saturated rings. The van der Waals surface area contributed by atoms with E-state index < -0.39 is 0 Å². The Balaban J connectivity index is 2.18. The van der Waals surface area contributed by atoms with Gasteiger partial charge in [0.2, 0.25) is 0 Å². The zero-order valence-corrected chi connectivity index (χ0v) is 11.9. The van der Waals surface area contributed by atoms with Gasteiger partial charge in [0.25, 0.3) is 5.91 Å². The van der Waals surface area contributed by atoms with Gasteiger partial charge in [-0.15, -0.1) is 11.3 Å². The van der Waals surface area contributed by atoms with E-state index in [9.17, 15) is 4.79 Å². The standard InChI is InChI=1S/C12H9BrClNOS/c13-7-8-3-1-2-4-9(8)15-12(16)10-5-6-11(14)17-10/h1-6H,7H2,(H,15,16). The first-order valence-corrected chi connectivity index (χ1v) is 7.23. The van der Waals surface area contributed by atoms with E-state index in [1.54, 1.807) is 12.1 Å². The van der Waals surface area contributed by atoms with Crippen molar-refractivity contribution in [2.75, 3.05) is 5.32 Å². The van der Waals surface area contributed by atoms with Gasteiger partial charge in [0, 0.05) is 11.0 Å². The number of hydrogen-bond acceptors (Lipinski definition) is 2. The fourth-order valence-corrected chi connectivity index (χ4v) is 2.81. The van der Waals surface area contributed by atoms with E-state index in [-0.39, 0.29) is 5.91 Å². The summed E-state index contributed by atoms with van der Waals surface area (Å²) in [7, 11) is 0. The van der Waals surface area contributed by atoms with E-state index >= 15 is 0 Å². The third-order valence-corrected chi connectivity index (χ3v) is 4.04. The number of carbonyl (C=O) groups is 1. The van der Waals surface area contributed by atoms with Crippen LogP contribution in [0.4, 0.5) is 5.69 Å². The average Bonchev–Trinajstić information content (AvgIpc) is 2.77. The molecule has 0 atom stereocenters. The number of halogens is 2. The quantitative estimate of drug-likeness (QED) is 0.822. The van der Waals surface area contributed by atoms with Gasteiger partial charge in [-0.1, -0.05) is 45.7 Å². The van der Waals surface area contributed by atoms with E-state index in [0.29, 0.717) is 14.5 Å². The summed E-state index contributed by atoms with van der Waals surface area (Å²) in [4.78, 5) is 12.5. The highest BCUT2D eigenvalue weighted by Crippen LogP contribution is 2.24. The second-order valence-corrected chi connectivity index (χ2v) is 5.62. The molecule has 0 bridgehead atoms. The van der Waals surface area contributed by atoms with Crippen LogP contribution in [0, 0.1) is 0 Å². The third kappa shape index (κ3) is 3.09. The molecule has 5 heteroatoms. The molecule has 1 aromatic heterocycles. The van der Waals surface area contributed by atoms with E-state index in [0.717, 1.165) is 11.3 Å². The lowest BCUT2D eigenvalue weighted by Crippen LogP contribution is -2.11. The Kier molecular flexibility index (Phi) is 4.20. The Hall–Kier alpha value is -0.840. The number of nitrogens with one attached hydrogen (secondary N) is 1. The van der Waals surface area contributed by atoms with Gasteiger partial charge in [0.05, 0.1) is 9.21 Å². The van der Waals surface area contributed by atoms with Crippen molar-refractivity contribution in [2.24, 2.45) is 0 Å². The highest BCUT2D eigenvalue weighted by molar-refractivity contribution is 9.08. The molecule has 17 heavy (non-hydrogen) atoms. The predicted molar refractivity (Wildman–Crippen MR) is 76.4 cm³/mol. The van der Waals surface area contributed by atoms with Crippen LogP contribution in [0.3, 0.4) is 0 Å². The van der Waals surface area contributed by atoms with Crippen LogP contribution in [0.5, 0.6) is 0 Å². The number of hydrogen-bond donors (Lipinski definition) is 1. The van der Waals surface area contributed by atoms with Gasteiger partial charge in [-0.25, -0.2) is 0 Å². The Morgan fingerprint density at radius 3 is 2.71 bits per heavy atom. The summed E-state index contributed by atoms with van der Waals surface area (Å²) in [6.07, 6.45) is 0. The molecule has 0 aliphatic heterocycles. The smallest absolute Gasteiger partial charge is 0.265 e. The van der Waals surface area contributed by atoms with Gasteiger partial charge in [0.15, 0.2) is 0 Å². The minimum Gasteiger partial charge on any atom is -0.321 e. The summed E-state index contributed by atoms with van der Waals surface area (Å²) in [6, 6.07) is 11.1. The lowest BCUT2D eigenvalue weighted by atomic mass is 10.2.